The Bertz CT molecular complexity index is 1220. The van der Waals surface area contributed by atoms with Gasteiger partial charge < -0.3 is 20.6 Å². The Kier molecular flexibility index (Phi) is 6.76. The molecular formula is C23H25B2F2N5O3. The number of benzene rings is 1. The molecule has 0 aliphatic carbocycles. The largest absolute Gasteiger partial charge is 0.402 e. The molecule has 4 N–H and O–H groups in total. The third-order valence-electron chi connectivity index (χ3n) is 6.25. The summed E-state index contributed by atoms with van der Waals surface area (Å²) in [6.07, 6.45) is 5.35. The highest BCUT2D eigenvalue weighted by Gasteiger charge is 2.47. The second-order valence-corrected chi connectivity index (χ2v) is 8.99. The predicted octanol–water partition coefficient (Wildman–Crippen LogP) is 1.14. The van der Waals surface area contributed by atoms with Crippen molar-refractivity contribution in [1.29, 1.82) is 0 Å². The first-order valence-corrected chi connectivity index (χ1v) is 11.0. The van der Waals surface area contributed by atoms with Gasteiger partial charge in [0.25, 0.3) is 0 Å². The lowest BCUT2D eigenvalue weighted by atomic mass is 9.62. The topological polar surface area (TPSA) is 107 Å². The van der Waals surface area contributed by atoms with E-state index in [4.69, 9.17) is 15.7 Å². The van der Waals surface area contributed by atoms with E-state index < -0.39 is 30.1 Å². The van der Waals surface area contributed by atoms with Gasteiger partial charge >= 0.3 is 0 Å². The summed E-state index contributed by atoms with van der Waals surface area (Å²) in [5.74, 6) is -3.25. The van der Waals surface area contributed by atoms with Crippen LogP contribution in [0.3, 0.4) is 0 Å². The van der Waals surface area contributed by atoms with Crippen molar-refractivity contribution in [2.45, 2.75) is 43.8 Å². The van der Waals surface area contributed by atoms with Gasteiger partial charge in [-0.1, -0.05) is 0 Å². The van der Waals surface area contributed by atoms with E-state index in [0.717, 1.165) is 27.3 Å². The average Bonchev–Trinajstić information content (AvgIpc) is 3.27. The monoisotopic (exact) mass is 479 g/mol. The number of aliphatic hydroxyl groups is 3. The van der Waals surface area contributed by atoms with Gasteiger partial charge in [-0.2, -0.15) is 5.10 Å². The zero-order valence-electron chi connectivity index (χ0n) is 19.4. The second kappa shape index (κ2) is 9.34. The van der Waals surface area contributed by atoms with E-state index in [0.29, 0.717) is 11.3 Å². The SMILES string of the molecule is [B]C([B])(O)C(O)(O)N1CCC(Nc2cncc(-c3cnn(-c4cc(C)c(F)cc4C)c3)c2)C(F)C1. The molecule has 2 atom stereocenters. The van der Waals surface area contributed by atoms with Gasteiger partial charge in [0.15, 0.2) is 0 Å². The average molecular weight is 479 g/mol. The number of piperidine rings is 1. The van der Waals surface area contributed by atoms with Gasteiger partial charge in [0.05, 0.1) is 29.0 Å². The maximum atomic E-state index is 14.9. The highest BCUT2D eigenvalue weighted by Crippen LogP contribution is 2.28. The number of anilines is 1. The molecule has 2 aromatic heterocycles. The van der Waals surface area contributed by atoms with E-state index in [9.17, 15) is 24.1 Å². The summed E-state index contributed by atoms with van der Waals surface area (Å²) in [5, 5.41) is 34.3. The van der Waals surface area contributed by atoms with E-state index in [1.54, 1.807) is 48.5 Å². The molecule has 2 unspecified atom stereocenters. The van der Waals surface area contributed by atoms with Gasteiger partial charge in [0.2, 0.25) is 5.91 Å². The van der Waals surface area contributed by atoms with Crippen LogP contribution in [-0.2, 0) is 0 Å². The van der Waals surface area contributed by atoms with Gasteiger partial charge in [0, 0.05) is 42.8 Å². The number of likely N-dealkylation sites (tertiary alicyclic amines) is 1. The van der Waals surface area contributed by atoms with Crippen molar-refractivity contribution in [3.63, 3.8) is 0 Å². The van der Waals surface area contributed by atoms with Crippen LogP contribution in [0.15, 0.2) is 43.0 Å². The quantitative estimate of drug-likeness (QED) is 0.311. The zero-order valence-corrected chi connectivity index (χ0v) is 19.4. The van der Waals surface area contributed by atoms with Crippen LogP contribution in [0.5, 0.6) is 0 Å². The van der Waals surface area contributed by atoms with Crippen LogP contribution < -0.4 is 5.32 Å². The highest BCUT2D eigenvalue weighted by molar-refractivity contribution is 6.39. The van der Waals surface area contributed by atoms with Gasteiger partial charge in [0.1, 0.15) is 27.7 Å². The van der Waals surface area contributed by atoms with Crippen LogP contribution in [0, 0.1) is 19.7 Å². The molecule has 1 saturated heterocycles. The van der Waals surface area contributed by atoms with E-state index >= 15 is 0 Å². The minimum atomic E-state index is -2.98. The van der Waals surface area contributed by atoms with Crippen LogP contribution >= 0.6 is 0 Å². The molecule has 0 spiro atoms. The van der Waals surface area contributed by atoms with Crippen LogP contribution in [0.25, 0.3) is 16.8 Å². The fourth-order valence-electron chi connectivity index (χ4n) is 4.11. The Morgan fingerprint density at radius 2 is 1.80 bits per heavy atom. The van der Waals surface area contributed by atoms with Gasteiger partial charge in [-0.15, -0.1) is 0 Å². The molecular weight excluding hydrogens is 454 g/mol. The minimum absolute atomic E-state index is 0.0259. The van der Waals surface area contributed by atoms with E-state index in [2.05, 4.69) is 15.4 Å². The van der Waals surface area contributed by atoms with Crippen LogP contribution in [-0.4, -0.2) is 87.3 Å². The maximum absolute atomic E-state index is 14.9. The summed E-state index contributed by atoms with van der Waals surface area (Å²) >= 11 is 0. The number of nitrogens with zero attached hydrogens (tertiary/aromatic N) is 4. The Morgan fingerprint density at radius 1 is 1.06 bits per heavy atom. The van der Waals surface area contributed by atoms with Gasteiger partial charge in [-0.05, 0) is 49.6 Å². The van der Waals surface area contributed by atoms with Crippen LogP contribution in [0.2, 0.25) is 0 Å². The fraction of sp³-hybridized carbons (Fsp3) is 0.391. The standard InChI is InChI=1S/C23H25B2F2N5O3/c1-13-6-21(14(2)5-18(13)26)32-11-16(9-29-32)15-7-17(10-28-8-15)30-20-3-4-31(12-19(20)27)23(34,35)22(24,25)33/h5-11,19-20,30,33-35H,3-4,12H2,1-2H3. The van der Waals surface area contributed by atoms with Gasteiger partial charge in [-0.3, -0.25) is 4.98 Å². The van der Waals surface area contributed by atoms with Crippen molar-refractivity contribution < 1.29 is 24.1 Å². The lowest BCUT2D eigenvalue weighted by Crippen LogP contribution is -2.68. The number of aromatic nitrogens is 3. The first kappa shape index (κ1) is 25.3. The molecule has 12 heteroatoms. The van der Waals surface area contributed by atoms with E-state index in [-0.39, 0.29) is 18.8 Å². The molecule has 35 heavy (non-hydrogen) atoms. The third kappa shape index (κ3) is 5.11. The van der Waals surface area contributed by atoms with Crippen LogP contribution in [0.4, 0.5) is 14.5 Å². The fourth-order valence-corrected chi connectivity index (χ4v) is 4.11. The molecule has 4 radical (unpaired) electrons. The maximum Gasteiger partial charge on any atom is 0.237 e. The molecule has 0 amide bonds. The van der Waals surface area contributed by atoms with Crippen molar-refractivity contribution in [3.05, 3.63) is 59.9 Å². The molecule has 0 bridgehead atoms. The van der Waals surface area contributed by atoms with Crippen molar-refractivity contribution in [1.82, 2.24) is 19.7 Å². The number of hydrogen-bond donors (Lipinski definition) is 4. The number of rotatable bonds is 6. The summed E-state index contributed by atoms with van der Waals surface area (Å²) in [4.78, 5) is 5.12. The molecule has 1 aliphatic heterocycles. The van der Waals surface area contributed by atoms with E-state index in [1.165, 1.54) is 6.07 Å². The third-order valence-corrected chi connectivity index (χ3v) is 6.25. The number of aryl methyl sites for hydroxylation is 2. The number of alkyl halides is 1. The van der Waals surface area contributed by atoms with Crippen molar-refractivity contribution in [3.8, 4) is 16.8 Å². The summed E-state index contributed by atoms with van der Waals surface area (Å²) in [5.41, 5.74) is 4.10. The zero-order chi connectivity index (χ0) is 25.5. The number of pyridine rings is 1. The first-order valence-electron chi connectivity index (χ1n) is 11.0. The lowest BCUT2D eigenvalue weighted by Gasteiger charge is -2.47. The smallest absolute Gasteiger partial charge is 0.237 e. The Balaban J connectivity index is 1.48. The highest BCUT2D eigenvalue weighted by atomic mass is 19.1. The van der Waals surface area contributed by atoms with Crippen molar-refractivity contribution in [2.24, 2.45) is 0 Å². The Morgan fingerprint density at radius 3 is 2.49 bits per heavy atom. The van der Waals surface area contributed by atoms with Crippen molar-refractivity contribution >= 4 is 21.4 Å². The summed E-state index contributed by atoms with van der Waals surface area (Å²) in [6.45, 7) is 3.12. The molecule has 0 saturated carbocycles. The lowest BCUT2D eigenvalue weighted by molar-refractivity contribution is -0.311. The number of hydrogen-bond acceptors (Lipinski definition) is 7. The number of halogens is 2. The summed E-state index contributed by atoms with van der Waals surface area (Å²) in [7, 11) is 10.4. The summed E-state index contributed by atoms with van der Waals surface area (Å²) in [6, 6.07) is 4.36. The predicted molar refractivity (Wildman–Crippen MR) is 128 cm³/mol. The Hall–Kier alpha value is -2.79. The van der Waals surface area contributed by atoms with Crippen molar-refractivity contribution in [2.75, 3.05) is 18.4 Å². The molecule has 180 valence electrons. The van der Waals surface area contributed by atoms with E-state index in [1.807, 2.05) is 6.92 Å². The minimum Gasteiger partial charge on any atom is -0.402 e. The first-order chi connectivity index (χ1) is 16.4. The van der Waals surface area contributed by atoms with Gasteiger partial charge in [-0.25, -0.2) is 18.4 Å². The Labute approximate surface area is 204 Å². The molecule has 8 nitrogen and oxygen atoms in total. The second-order valence-electron chi connectivity index (χ2n) is 8.99. The molecule has 3 aromatic rings. The number of nitrogens with one attached hydrogen (secondary N) is 1. The molecule has 4 rings (SSSR count). The molecule has 1 fully saturated rings. The molecule has 1 aromatic carbocycles. The normalized spacial score (nSPS) is 19.6. The van der Waals surface area contributed by atoms with Crippen LogP contribution in [0.1, 0.15) is 17.5 Å². The molecule has 1 aliphatic rings. The molecule has 3 heterocycles. The summed E-state index contributed by atoms with van der Waals surface area (Å²) < 4.78 is 30.3.